The highest BCUT2D eigenvalue weighted by molar-refractivity contribution is 5.81. The van der Waals surface area contributed by atoms with Gasteiger partial charge in [-0.05, 0) is 61.4 Å². The predicted molar refractivity (Wildman–Crippen MR) is 147 cm³/mol. The summed E-state index contributed by atoms with van der Waals surface area (Å²) in [7, 11) is 0. The summed E-state index contributed by atoms with van der Waals surface area (Å²) < 4.78 is 11.7. The standard InChI is InChI=1S/C31H36N4O4/c1-3-4-5-6-7-9-20(2)38-27-13-12-21(16-23(27)19-32)31-33-30(34-39-31)25-11-8-10-24-26(25)17-22-18-28(37)35(14-15-36)29(22)24/h8,10-13,16,20,22,29,36H,3-7,9,14-15,17-18H2,1-2H3/t20?,22-,29+/m0/s1. The monoisotopic (exact) mass is 528 g/mol. The zero-order valence-electron chi connectivity index (χ0n) is 22.7. The highest BCUT2D eigenvalue weighted by Gasteiger charge is 2.46. The molecule has 2 heterocycles. The van der Waals surface area contributed by atoms with E-state index >= 15 is 0 Å². The Labute approximate surface area is 229 Å². The molecule has 39 heavy (non-hydrogen) atoms. The summed E-state index contributed by atoms with van der Waals surface area (Å²) in [6.45, 7) is 4.55. The van der Waals surface area contributed by atoms with Gasteiger partial charge in [0.25, 0.3) is 5.89 Å². The van der Waals surface area contributed by atoms with E-state index in [0.29, 0.717) is 41.6 Å². The van der Waals surface area contributed by atoms with Crippen molar-refractivity contribution in [3.05, 3.63) is 53.1 Å². The van der Waals surface area contributed by atoms with Crippen molar-refractivity contribution in [1.29, 1.82) is 5.26 Å². The van der Waals surface area contributed by atoms with Crippen LogP contribution in [0.5, 0.6) is 5.75 Å². The average molecular weight is 529 g/mol. The Morgan fingerprint density at radius 3 is 2.85 bits per heavy atom. The maximum Gasteiger partial charge on any atom is 0.258 e. The molecule has 1 aliphatic heterocycles. The third-order valence-corrected chi connectivity index (χ3v) is 7.93. The topological polar surface area (TPSA) is 112 Å². The van der Waals surface area contributed by atoms with Crippen molar-refractivity contribution in [1.82, 2.24) is 15.0 Å². The number of aliphatic hydroxyl groups excluding tert-OH is 1. The molecule has 8 nitrogen and oxygen atoms in total. The molecule has 8 heteroatoms. The first-order chi connectivity index (χ1) is 19.0. The van der Waals surface area contributed by atoms with Gasteiger partial charge in [-0.2, -0.15) is 10.2 Å². The third-order valence-electron chi connectivity index (χ3n) is 7.93. The Morgan fingerprint density at radius 2 is 2.05 bits per heavy atom. The molecular weight excluding hydrogens is 492 g/mol. The fourth-order valence-corrected chi connectivity index (χ4v) is 6.04. The number of amides is 1. The molecule has 0 spiro atoms. The summed E-state index contributed by atoms with van der Waals surface area (Å²) in [5.41, 5.74) is 4.21. The number of likely N-dealkylation sites (tertiary alicyclic amines) is 1. The van der Waals surface area contributed by atoms with Gasteiger partial charge in [0.1, 0.15) is 11.8 Å². The van der Waals surface area contributed by atoms with Gasteiger partial charge in [-0.3, -0.25) is 4.79 Å². The maximum absolute atomic E-state index is 12.5. The van der Waals surface area contributed by atoms with Crippen LogP contribution >= 0.6 is 0 Å². The molecular formula is C31H36N4O4. The number of benzene rings is 2. The molecule has 3 atom stereocenters. The van der Waals surface area contributed by atoms with E-state index in [0.717, 1.165) is 36.0 Å². The van der Waals surface area contributed by atoms with Crippen LogP contribution in [0.4, 0.5) is 0 Å². The van der Waals surface area contributed by atoms with Crippen molar-refractivity contribution in [3.63, 3.8) is 0 Å². The van der Waals surface area contributed by atoms with Crippen LogP contribution in [0.1, 0.15) is 81.5 Å². The van der Waals surface area contributed by atoms with E-state index in [1.54, 1.807) is 17.0 Å². The van der Waals surface area contributed by atoms with Crippen molar-refractivity contribution in [2.24, 2.45) is 5.92 Å². The molecule has 1 aliphatic carbocycles. The van der Waals surface area contributed by atoms with Crippen LogP contribution in [0.25, 0.3) is 22.8 Å². The van der Waals surface area contributed by atoms with E-state index in [1.165, 1.54) is 25.7 Å². The van der Waals surface area contributed by atoms with Crippen LogP contribution in [0.15, 0.2) is 40.9 Å². The van der Waals surface area contributed by atoms with Crippen molar-refractivity contribution in [3.8, 4) is 34.7 Å². The van der Waals surface area contributed by atoms with Gasteiger partial charge in [0, 0.05) is 24.1 Å². The summed E-state index contributed by atoms with van der Waals surface area (Å²) in [5.74, 6) is 1.67. The van der Waals surface area contributed by atoms with Gasteiger partial charge in [0.15, 0.2) is 0 Å². The van der Waals surface area contributed by atoms with Gasteiger partial charge in [0.2, 0.25) is 11.7 Å². The quantitative estimate of drug-likeness (QED) is 0.294. The molecule has 1 amide bonds. The van der Waals surface area contributed by atoms with Crippen LogP contribution < -0.4 is 4.74 Å². The fourth-order valence-electron chi connectivity index (χ4n) is 6.04. The van der Waals surface area contributed by atoms with E-state index in [-0.39, 0.29) is 30.6 Å². The number of hydrogen-bond donors (Lipinski definition) is 1. The Kier molecular flexibility index (Phi) is 8.27. The highest BCUT2D eigenvalue weighted by Crippen LogP contribution is 2.49. The number of aromatic nitrogens is 2. The number of fused-ring (bicyclic) bond motifs is 3. The molecule has 2 aromatic carbocycles. The summed E-state index contributed by atoms with van der Waals surface area (Å²) in [4.78, 5) is 18.9. The molecule has 3 aromatic rings. The first-order valence-electron chi connectivity index (χ1n) is 14.1. The first-order valence-corrected chi connectivity index (χ1v) is 14.1. The second-order valence-electron chi connectivity index (χ2n) is 10.7. The van der Waals surface area contributed by atoms with E-state index in [1.807, 2.05) is 25.1 Å². The smallest absolute Gasteiger partial charge is 0.258 e. The highest BCUT2D eigenvalue weighted by atomic mass is 16.5. The molecule has 0 bridgehead atoms. The molecule has 204 valence electrons. The number of unbranched alkanes of at least 4 members (excludes halogenated alkanes) is 4. The Bertz CT molecular complexity index is 1360. The minimum atomic E-state index is -0.0509. The van der Waals surface area contributed by atoms with Crippen LogP contribution in [-0.2, 0) is 11.2 Å². The Hall–Kier alpha value is -3.70. The summed E-state index contributed by atoms with van der Waals surface area (Å²) in [5, 5.41) is 23.5. The molecule has 1 saturated heterocycles. The number of hydrogen-bond acceptors (Lipinski definition) is 7. The second kappa shape index (κ2) is 12.0. The largest absolute Gasteiger partial charge is 0.489 e. The number of carbonyl (C=O) groups excluding carboxylic acids is 1. The number of β-amino-alcohol motifs (C(OH)–C–C–N with tert-alkyl or cyclic N) is 1. The molecule has 1 unspecified atom stereocenters. The summed E-state index contributed by atoms with van der Waals surface area (Å²) in [6, 6.07) is 13.6. The molecule has 0 saturated carbocycles. The minimum absolute atomic E-state index is 0.0181. The average Bonchev–Trinajstić information content (AvgIpc) is 3.64. The number of nitrogens with zero attached hydrogens (tertiary/aromatic N) is 4. The van der Waals surface area contributed by atoms with Crippen LogP contribution in [0.3, 0.4) is 0 Å². The number of aliphatic hydroxyl groups is 1. The normalized spacial score (nSPS) is 18.6. The molecule has 5 rings (SSSR count). The van der Waals surface area contributed by atoms with Gasteiger partial charge >= 0.3 is 0 Å². The van der Waals surface area contributed by atoms with Crippen molar-refractivity contribution in [2.75, 3.05) is 13.2 Å². The number of ether oxygens (including phenoxy) is 1. The van der Waals surface area contributed by atoms with Gasteiger partial charge in [0.05, 0.1) is 24.3 Å². The predicted octanol–water partition coefficient (Wildman–Crippen LogP) is 5.84. The number of nitriles is 1. The lowest BCUT2D eigenvalue weighted by molar-refractivity contribution is -0.129. The zero-order chi connectivity index (χ0) is 27.4. The van der Waals surface area contributed by atoms with E-state index in [9.17, 15) is 15.2 Å². The molecule has 0 radical (unpaired) electrons. The van der Waals surface area contributed by atoms with Gasteiger partial charge in [-0.25, -0.2) is 0 Å². The van der Waals surface area contributed by atoms with E-state index in [2.05, 4.69) is 29.2 Å². The SMILES string of the molecule is CCCCCCCC(C)Oc1ccc(-c2nc(-c3cccc4c3C[C@H]3CC(=O)N(CCO)[C@@H]43)no2)cc1C#N. The first kappa shape index (κ1) is 26.9. The van der Waals surface area contributed by atoms with Crippen molar-refractivity contribution < 1.29 is 19.2 Å². The minimum Gasteiger partial charge on any atom is -0.489 e. The van der Waals surface area contributed by atoms with Crippen LogP contribution in [0.2, 0.25) is 0 Å². The van der Waals surface area contributed by atoms with E-state index in [4.69, 9.17) is 9.26 Å². The Balaban J connectivity index is 1.32. The lowest BCUT2D eigenvalue weighted by Crippen LogP contribution is -2.30. The van der Waals surface area contributed by atoms with Crippen molar-refractivity contribution in [2.45, 2.75) is 77.4 Å². The fraction of sp³-hybridized carbons (Fsp3) is 0.484. The zero-order valence-corrected chi connectivity index (χ0v) is 22.7. The van der Waals surface area contributed by atoms with Crippen molar-refractivity contribution >= 4 is 5.91 Å². The molecule has 1 fully saturated rings. The Morgan fingerprint density at radius 1 is 1.21 bits per heavy atom. The van der Waals surface area contributed by atoms with Crippen LogP contribution in [-0.4, -0.2) is 45.3 Å². The lowest BCUT2D eigenvalue weighted by atomic mass is 10.0. The second-order valence-corrected chi connectivity index (χ2v) is 10.7. The van der Waals surface area contributed by atoms with Gasteiger partial charge in [-0.1, -0.05) is 56.0 Å². The molecule has 2 aliphatic rings. The molecule has 1 N–H and O–H groups in total. The van der Waals surface area contributed by atoms with E-state index < -0.39 is 0 Å². The number of rotatable bonds is 12. The van der Waals surface area contributed by atoms with Crippen LogP contribution in [0, 0.1) is 17.2 Å². The number of carbonyl (C=O) groups is 1. The third kappa shape index (κ3) is 5.55. The van der Waals surface area contributed by atoms with Gasteiger partial charge in [-0.15, -0.1) is 0 Å². The lowest BCUT2D eigenvalue weighted by Gasteiger charge is -2.24. The maximum atomic E-state index is 12.5. The molecule has 1 aromatic heterocycles. The summed E-state index contributed by atoms with van der Waals surface area (Å²) >= 11 is 0. The van der Waals surface area contributed by atoms with Gasteiger partial charge < -0.3 is 19.3 Å². The summed E-state index contributed by atoms with van der Waals surface area (Å²) in [6.07, 6.45) is 8.30.